The molecule has 10 heteroatoms. The third kappa shape index (κ3) is 6.84. The van der Waals surface area contributed by atoms with E-state index in [2.05, 4.69) is 11.6 Å². The van der Waals surface area contributed by atoms with E-state index in [4.69, 9.17) is 5.41 Å². The van der Waals surface area contributed by atoms with Crippen LogP contribution in [-0.4, -0.2) is 57.1 Å². The zero-order valence-electron chi connectivity index (χ0n) is 19.9. The molecular formula is C23H33F2N5O3. The fourth-order valence-corrected chi connectivity index (χ4v) is 3.48. The number of hydrogen-bond acceptors (Lipinski definition) is 4. The number of halogens is 2. The fourth-order valence-electron chi connectivity index (χ4n) is 3.48. The number of carbonyl (C=O) groups excluding carboxylic acids is 1. The monoisotopic (exact) mass is 465 g/mol. The van der Waals surface area contributed by atoms with E-state index in [1.807, 2.05) is 27.7 Å². The van der Waals surface area contributed by atoms with Gasteiger partial charge in [0.2, 0.25) is 11.9 Å². The Balaban J connectivity index is 0.00000129. The lowest BCUT2D eigenvalue weighted by atomic mass is 10.0. The maximum absolute atomic E-state index is 13.6. The van der Waals surface area contributed by atoms with Crippen LogP contribution in [0, 0.1) is 27.2 Å². The molecule has 1 aliphatic heterocycles. The molecule has 0 aliphatic carbocycles. The maximum Gasteiger partial charge on any atom is 0.229 e. The topological polar surface area (TPSA) is 106 Å². The lowest BCUT2D eigenvalue weighted by Crippen LogP contribution is -2.51. The highest BCUT2D eigenvalue weighted by Gasteiger charge is 2.31. The number of aromatic amines is 1. The Labute approximate surface area is 192 Å². The van der Waals surface area contributed by atoms with E-state index < -0.39 is 28.5 Å². The summed E-state index contributed by atoms with van der Waals surface area (Å²) in [4.78, 5) is 29.5. The van der Waals surface area contributed by atoms with Crippen molar-refractivity contribution < 1.29 is 18.5 Å². The van der Waals surface area contributed by atoms with Crippen molar-refractivity contribution in [3.05, 3.63) is 57.9 Å². The molecule has 0 radical (unpaired) electrons. The van der Waals surface area contributed by atoms with Gasteiger partial charge in [-0.3, -0.25) is 20.3 Å². The summed E-state index contributed by atoms with van der Waals surface area (Å²) in [6.45, 7) is 14.4. The van der Waals surface area contributed by atoms with Gasteiger partial charge in [-0.25, -0.2) is 8.78 Å². The van der Waals surface area contributed by atoms with Crippen molar-refractivity contribution >= 4 is 22.6 Å². The maximum atomic E-state index is 13.6. The SMILES string of the molecule is C=C(C)N1CCN(C(=O)CC(Cc2c[nH]c3cc(F)c(F)cc23)[N+](=O)[O-])CC1=N.CC.CC. The Kier molecular flexibility index (Phi) is 10.6. The molecule has 182 valence electrons. The Morgan fingerprint density at radius 2 is 1.85 bits per heavy atom. The second-order valence-electron chi connectivity index (χ2n) is 7.12. The first-order chi connectivity index (χ1) is 15.7. The normalized spacial score (nSPS) is 14.1. The average Bonchev–Trinajstić information content (AvgIpc) is 3.17. The molecule has 3 rings (SSSR count). The second-order valence-corrected chi connectivity index (χ2v) is 7.12. The zero-order valence-corrected chi connectivity index (χ0v) is 19.9. The Hall–Kier alpha value is -3.30. The van der Waals surface area contributed by atoms with Gasteiger partial charge in [-0.2, -0.15) is 0 Å². The number of rotatable bonds is 6. The number of fused-ring (bicyclic) bond motifs is 1. The molecule has 1 aliphatic rings. The highest BCUT2D eigenvalue weighted by atomic mass is 19.2. The number of nitrogens with one attached hydrogen (secondary N) is 2. The third-order valence-corrected chi connectivity index (χ3v) is 5.05. The van der Waals surface area contributed by atoms with Crippen LogP contribution in [0.25, 0.3) is 10.9 Å². The molecule has 2 N–H and O–H groups in total. The highest BCUT2D eigenvalue weighted by molar-refractivity contribution is 5.89. The van der Waals surface area contributed by atoms with Crippen molar-refractivity contribution in [1.82, 2.24) is 14.8 Å². The van der Waals surface area contributed by atoms with Crippen LogP contribution in [-0.2, 0) is 11.2 Å². The van der Waals surface area contributed by atoms with E-state index in [0.717, 1.165) is 12.1 Å². The van der Waals surface area contributed by atoms with Crippen molar-refractivity contribution in [3.63, 3.8) is 0 Å². The van der Waals surface area contributed by atoms with Gasteiger partial charge in [0.1, 0.15) is 5.84 Å². The summed E-state index contributed by atoms with van der Waals surface area (Å²) in [6.07, 6.45) is 1.02. The van der Waals surface area contributed by atoms with Crippen molar-refractivity contribution in [3.8, 4) is 0 Å². The van der Waals surface area contributed by atoms with Crippen LogP contribution in [0.15, 0.2) is 30.6 Å². The molecule has 1 aromatic heterocycles. The lowest BCUT2D eigenvalue weighted by molar-refractivity contribution is -0.521. The minimum Gasteiger partial charge on any atom is -0.361 e. The molecule has 0 spiro atoms. The second kappa shape index (κ2) is 12.7. The quantitative estimate of drug-likeness (QED) is 0.475. The number of hydrogen-bond donors (Lipinski definition) is 2. The number of nitrogens with zero attached hydrogens (tertiary/aromatic N) is 3. The van der Waals surface area contributed by atoms with Gasteiger partial charge in [0, 0.05) is 53.3 Å². The standard InChI is InChI=1S/C19H21F2N5O3.2C2H6/c1-11(2)25-4-3-24(10-18(25)22)19(27)6-13(26(28)29)5-12-9-23-17-8-16(21)15(20)7-14(12)17;2*1-2/h7-9,13,22-23H,1,3-6,10H2,2H3;2*1-2H3. The van der Waals surface area contributed by atoms with Crippen LogP contribution in [0.5, 0.6) is 0 Å². The van der Waals surface area contributed by atoms with E-state index in [1.165, 1.54) is 11.1 Å². The van der Waals surface area contributed by atoms with Crippen LogP contribution in [0.1, 0.15) is 46.6 Å². The number of amides is 1. The van der Waals surface area contributed by atoms with E-state index in [1.54, 1.807) is 11.8 Å². The molecule has 2 aromatic rings. The molecule has 1 amide bonds. The molecule has 2 heterocycles. The summed E-state index contributed by atoms with van der Waals surface area (Å²) in [5.41, 5.74) is 1.47. The predicted octanol–water partition coefficient (Wildman–Crippen LogP) is 4.73. The fraction of sp³-hybridized carbons (Fsp3) is 0.478. The van der Waals surface area contributed by atoms with Crippen LogP contribution in [0.3, 0.4) is 0 Å². The van der Waals surface area contributed by atoms with Gasteiger partial charge in [-0.05, 0) is 18.6 Å². The number of allylic oxidation sites excluding steroid dienone is 1. The molecule has 0 saturated carbocycles. The van der Waals surface area contributed by atoms with Crippen molar-refractivity contribution in [2.75, 3.05) is 19.6 Å². The van der Waals surface area contributed by atoms with E-state index in [-0.39, 0.29) is 25.2 Å². The minimum absolute atomic E-state index is 0.0632. The summed E-state index contributed by atoms with van der Waals surface area (Å²) in [6, 6.07) is 0.767. The summed E-state index contributed by atoms with van der Waals surface area (Å²) in [7, 11) is 0. The van der Waals surface area contributed by atoms with Gasteiger partial charge >= 0.3 is 0 Å². The molecule has 1 unspecified atom stereocenters. The van der Waals surface area contributed by atoms with Gasteiger partial charge in [-0.1, -0.05) is 34.3 Å². The summed E-state index contributed by atoms with van der Waals surface area (Å²) in [5, 5.41) is 19.9. The molecular weight excluding hydrogens is 432 g/mol. The summed E-state index contributed by atoms with van der Waals surface area (Å²) in [5.74, 6) is -2.26. The lowest BCUT2D eigenvalue weighted by Gasteiger charge is -2.36. The number of nitro groups is 1. The molecule has 0 bridgehead atoms. The zero-order chi connectivity index (χ0) is 25.3. The predicted molar refractivity (Wildman–Crippen MR) is 126 cm³/mol. The van der Waals surface area contributed by atoms with Crippen LogP contribution >= 0.6 is 0 Å². The molecule has 33 heavy (non-hydrogen) atoms. The first-order valence-corrected chi connectivity index (χ1v) is 11.0. The van der Waals surface area contributed by atoms with Crippen molar-refractivity contribution in [1.29, 1.82) is 5.41 Å². The van der Waals surface area contributed by atoms with E-state index in [9.17, 15) is 23.7 Å². The number of aromatic nitrogens is 1. The van der Waals surface area contributed by atoms with Crippen molar-refractivity contribution in [2.24, 2.45) is 0 Å². The number of carbonyl (C=O) groups is 1. The summed E-state index contributed by atoms with van der Waals surface area (Å²) < 4.78 is 26.9. The Morgan fingerprint density at radius 3 is 2.39 bits per heavy atom. The first kappa shape index (κ1) is 27.7. The van der Waals surface area contributed by atoms with Crippen molar-refractivity contribution in [2.45, 2.75) is 53.5 Å². The number of piperazine rings is 1. The molecule has 1 atom stereocenters. The molecule has 8 nitrogen and oxygen atoms in total. The number of H-pyrrole nitrogens is 1. The summed E-state index contributed by atoms with van der Waals surface area (Å²) >= 11 is 0. The van der Waals surface area contributed by atoms with Crippen LogP contribution < -0.4 is 0 Å². The molecule has 1 aromatic carbocycles. The number of benzene rings is 1. The third-order valence-electron chi connectivity index (χ3n) is 5.05. The van der Waals surface area contributed by atoms with Gasteiger partial charge in [-0.15, -0.1) is 0 Å². The largest absolute Gasteiger partial charge is 0.361 e. The Morgan fingerprint density at radius 1 is 1.24 bits per heavy atom. The van der Waals surface area contributed by atoms with Gasteiger partial charge in [0.25, 0.3) is 0 Å². The number of amidine groups is 1. The molecule has 1 fully saturated rings. The van der Waals surface area contributed by atoms with E-state index in [0.29, 0.717) is 35.3 Å². The average molecular weight is 466 g/mol. The molecule has 1 saturated heterocycles. The van der Waals surface area contributed by atoms with E-state index >= 15 is 0 Å². The highest BCUT2D eigenvalue weighted by Crippen LogP contribution is 2.24. The first-order valence-electron chi connectivity index (χ1n) is 11.0. The van der Waals surface area contributed by atoms with Crippen LogP contribution in [0.4, 0.5) is 8.78 Å². The van der Waals surface area contributed by atoms with Gasteiger partial charge in [0.15, 0.2) is 11.6 Å². The van der Waals surface area contributed by atoms with Crippen LogP contribution in [0.2, 0.25) is 0 Å². The minimum atomic E-state index is -1.22. The smallest absolute Gasteiger partial charge is 0.229 e. The van der Waals surface area contributed by atoms with Gasteiger partial charge < -0.3 is 14.8 Å². The Bertz CT molecular complexity index is 1010. The van der Waals surface area contributed by atoms with Gasteiger partial charge in [0.05, 0.1) is 13.0 Å².